The first-order valence-corrected chi connectivity index (χ1v) is 8.42. The van der Waals surface area contributed by atoms with E-state index in [4.69, 9.17) is 4.74 Å². The standard InChI is InChI=1S/C17H17NO4S/c1-22-16(21)17(8-9-23-10-17)18-15(20)13-7-6-11-4-2-3-5-12(11)14(13)19/h2-7,19H,8-10H2,1H3,(H,18,20). The van der Waals surface area contributed by atoms with Crippen LogP contribution in [0.1, 0.15) is 16.8 Å². The number of ether oxygens (including phenoxy) is 1. The maximum absolute atomic E-state index is 12.6. The Morgan fingerprint density at radius 2 is 2.04 bits per heavy atom. The minimum absolute atomic E-state index is 0.0775. The van der Waals surface area contributed by atoms with E-state index < -0.39 is 17.4 Å². The molecular weight excluding hydrogens is 314 g/mol. The maximum Gasteiger partial charge on any atom is 0.332 e. The van der Waals surface area contributed by atoms with Crippen LogP contribution >= 0.6 is 11.8 Å². The highest BCUT2D eigenvalue weighted by molar-refractivity contribution is 7.99. The van der Waals surface area contributed by atoms with Crippen LogP contribution in [0, 0.1) is 0 Å². The van der Waals surface area contributed by atoms with Gasteiger partial charge >= 0.3 is 5.97 Å². The van der Waals surface area contributed by atoms with Crippen molar-refractivity contribution in [3.05, 3.63) is 42.0 Å². The zero-order chi connectivity index (χ0) is 16.4. The van der Waals surface area contributed by atoms with Crippen LogP contribution in [0.2, 0.25) is 0 Å². The number of esters is 1. The number of amides is 1. The van der Waals surface area contributed by atoms with E-state index in [0.29, 0.717) is 17.6 Å². The molecule has 1 saturated heterocycles. The van der Waals surface area contributed by atoms with Crippen LogP contribution in [-0.4, -0.2) is 41.1 Å². The molecule has 2 aromatic carbocycles. The number of carbonyl (C=O) groups excluding carboxylic acids is 2. The molecule has 6 heteroatoms. The van der Waals surface area contributed by atoms with Crippen LogP contribution in [0.15, 0.2) is 36.4 Å². The van der Waals surface area contributed by atoms with Gasteiger partial charge in [-0.3, -0.25) is 4.79 Å². The van der Waals surface area contributed by atoms with Crippen molar-refractivity contribution in [2.75, 3.05) is 18.6 Å². The summed E-state index contributed by atoms with van der Waals surface area (Å²) in [6.45, 7) is 0. The molecule has 0 radical (unpaired) electrons. The summed E-state index contributed by atoms with van der Waals surface area (Å²) in [6, 6.07) is 10.6. The molecule has 120 valence electrons. The molecule has 0 bridgehead atoms. The summed E-state index contributed by atoms with van der Waals surface area (Å²) in [7, 11) is 1.31. The normalized spacial score (nSPS) is 20.4. The first-order chi connectivity index (χ1) is 11.1. The number of hydrogen-bond donors (Lipinski definition) is 2. The molecule has 23 heavy (non-hydrogen) atoms. The summed E-state index contributed by atoms with van der Waals surface area (Å²) in [5.74, 6) is 0.252. The van der Waals surface area contributed by atoms with E-state index in [1.165, 1.54) is 7.11 Å². The highest BCUT2D eigenvalue weighted by Gasteiger charge is 2.44. The van der Waals surface area contributed by atoms with Gasteiger partial charge in [0.25, 0.3) is 5.91 Å². The Bertz CT molecular complexity index is 768. The molecule has 0 spiro atoms. The molecule has 1 fully saturated rings. The van der Waals surface area contributed by atoms with Gasteiger partial charge in [-0.15, -0.1) is 0 Å². The third kappa shape index (κ3) is 2.74. The molecular formula is C17H17NO4S. The molecule has 1 aliphatic heterocycles. The third-order valence-electron chi connectivity index (χ3n) is 4.10. The Morgan fingerprint density at radius 1 is 1.26 bits per heavy atom. The fourth-order valence-electron chi connectivity index (χ4n) is 2.79. The molecule has 0 aromatic heterocycles. The van der Waals surface area contributed by atoms with Gasteiger partial charge in [0, 0.05) is 11.1 Å². The predicted octanol–water partition coefficient (Wildman–Crippen LogP) is 2.32. The molecule has 2 N–H and O–H groups in total. The largest absolute Gasteiger partial charge is 0.506 e. The summed E-state index contributed by atoms with van der Waals surface area (Å²) in [5, 5.41) is 14.6. The smallest absolute Gasteiger partial charge is 0.332 e. The van der Waals surface area contributed by atoms with Crippen molar-refractivity contribution in [3.8, 4) is 5.75 Å². The molecule has 1 atom stereocenters. The summed E-state index contributed by atoms with van der Waals surface area (Å²) >= 11 is 1.59. The number of phenols is 1. The fourth-order valence-corrected chi connectivity index (χ4v) is 4.11. The van der Waals surface area contributed by atoms with Crippen LogP contribution in [-0.2, 0) is 9.53 Å². The average molecular weight is 331 g/mol. The molecule has 1 heterocycles. The molecule has 1 amide bonds. The van der Waals surface area contributed by atoms with Crippen LogP contribution in [0.4, 0.5) is 0 Å². The number of nitrogens with one attached hydrogen (secondary N) is 1. The second-order valence-electron chi connectivity index (χ2n) is 5.51. The number of benzene rings is 2. The van der Waals surface area contributed by atoms with E-state index >= 15 is 0 Å². The fraction of sp³-hybridized carbons (Fsp3) is 0.294. The number of aromatic hydroxyl groups is 1. The number of phenolic OH excluding ortho intramolecular Hbond substituents is 1. The Hall–Kier alpha value is -2.21. The highest BCUT2D eigenvalue weighted by atomic mass is 32.2. The van der Waals surface area contributed by atoms with Gasteiger partial charge in [-0.05, 0) is 23.6 Å². The first kappa shape index (κ1) is 15.7. The van der Waals surface area contributed by atoms with E-state index in [1.54, 1.807) is 36.0 Å². The van der Waals surface area contributed by atoms with E-state index in [0.717, 1.165) is 11.1 Å². The number of fused-ring (bicyclic) bond motifs is 1. The Balaban J connectivity index is 1.94. The van der Waals surface area contributed by atoms with E-state index in [9.17, 15) is 14.7 Å². The lowest BCUT2D eigenvalue weighted by Gasteiger charge is -2.26. The van der Waals surface area contributed by atoms with Gasteiger partial charge in [-0.1, -0.05) is 30.3 Å². The minimum Gasteiger partial charge on any atom is -0.506 e. The number of carbonyl (C=O) groups is 2. The number of thioether (sulfide) groups is 1. The van der Waals surface area contributed by atoms with Crippen molar-refractivity contribution in [1.82, 2.24) is 5.32 Å². The molecule has 3 rings (SSSR count). The quantitative estimate of drug-likeness (QED) is 0.844. The van der Waals surface area contributed by atoms with Crippen molar-refractivity contribution in [2.24, 2.45) is 0 Å². The lowest BCUT2D eigenvalue weighted by atomic mass is 9.97. The van der Waals surface area contributed by atoms with Gasteiger partial charge in [0.05, 0.1) is 12.7 Å². The zero-order valence-corrected chi connectivity index (χ0v) is 13.5. The number of rotatable bonds is 3. The topological polar surface area (TPSA) is 75.6 Å². The summed E-state index contributed by atoms with van der Waals surface area (Å²) < 4.78 is 4.85. The Labute approximate surface area is 138 Å². The molecule has 0 saturated carbocycles. The van der Waals surface area contributed by atoms with Gasteiger partial charge < -0.3 is 15.2 Å². The van der Waals surface area contributed by atoms with Crippen LogP contribution in [0.25, 0.3) is 10.8 Å². The first-order valence-electron chi connectivity index (χ1n) is 7.27. The summed E-state index contributed by atoms with van der Waals surface area (Å²) in [4.78, 5) is 24.7. The van der Waals surface area contributed by atoms with Gasteiger partial charge in [-0.25, -0.2) is 4.79 Å². The lowest BCUT2D eigenvalue weighted by molar-refractivity contribution is -0.147. The molecule has 2 aromatic rings. The number of hydrogen-bond acceptors (Lipinski definition) is 5. The van der Waals surface area contributed by atoms with Crippen LogP contribution in [0.5, 0.6) is 5.75 Å². The predicted molar refractivity (Wildman–Crippen MR) is 89.8 cm³/mol. The summed E-state index contributed by atoms with van der Waals surface area (Å²) in [5.41, 5.74) is -0.863. The molecule has 0 aliphatic carbocycles. The molecule has 5 nitrogen and oxygen atoms in total. The van der Waals surface area contributed by atoms with Crippen LogP contribution < -0.4 is 5.32 Å². The maximum atomic E-state index is 12.6. The lowest BCUT2D eigenvalue weighted by Crippen LogP contribution is -2.55. The Morgan fingerprint density at radius 3 is 2.74 bits per heavy atom. The average Bonchev–Trinajstić information content (AvgIpc) is 3.04. The van der Waals surface area contributed by atoms with E-state index in [-0.39, 0.29) is 11.3 Å². The summed E-state index contributed by atoms with van der Waals surface area (Å²) in [6.07, 6.45) is 0.518. The van der Waals surface area contributed by atoms with E-state index in [2.05, 4.69) is 5.32 Å². The van der Waals surface area contributed by atoms with Gasteiger partial charge in [-0.2, -0.15) is 11.8 Å². The third-order valence-corrected chi connectivity index (χ3v) is 5.29. The SMILES string of the molecule is COC(=O)C1(NC(=O)c2ccc3ccccc3c2O)CCSC1. The highest BCUT2D eigenvalue weighted by Crippen LogP contribution is 2.32. The van der Waals surface area contributed by atoms with Gasteiger partial charge in [0.2, 0.25) is 0 Å². The van der Waals surface area contributed by atoms with Crippen molar-refractivity contribution in [2.45, 2.75) is 12.0 Å². The van der Waals surface area contributed by atoms with E-state index in [1.807, 2.05) is 12.1 Å². The van der Waals surface area contributed by atoms with Gasteiger partial charge in [0.15, 0.2) is 0 Å². The van der Waals surface area contributed by atoms with Crippen LogP contribution in [0.3, 0.4) is 0 Å². The minimum atomic E-state index is -1.02. The van der Waals surface area contributed by atoms with Crippen molar-refractivity contribution < 1.29 is 19.4 Å². The van der Waals surface area contributed by atoms with Crippen molar-refractivity contribution in [1.29, 1.82) is 0 Å². The monoisotopic (exact) mass is 331 g/mol. The molecule has 1 unspecified atom stereocenters. The second-order valence-corrected chi connectivity index (χ2v) is 6.62. The van der Waals surface area contributed by atoms with Gasteiger partial charge in [0.1, 0.15) is 11.3 Å². The zero-order valence-electron chi connectivity index (χ0n) is 12.7. The van der Waals surface area contributed by atoms with Crippen molar-refractivity contribution >= 4 is 34.4 Å². The second kappa shape index (κ2) is 6.12. The number of methoxy groups -OCH3 is 1. The Kier molecular flexibility index (Phi) is 4.17. The van der Waals surface area contributed by atoms with Crippen molar-refractivity contribution in [3.63, 3.8) is 0 Å². The molecule has 1 aliphatic rings.